The molecule has 0 saturated heterocycles. The highest BCUT2D eigenvalue weighted by atomic mass is 16.5. The quantitative estimate of drug-likeness (QED) is 0.123. The third kappa shape index (κ3) is 5.51. The summed E-state index contributed by atoms with van der Waals surface area (Å²) in [5.41, 5.74) is 5.10. The summed E-state index contributed by atoms with van der Waals surface area (Å²) in [6, 6.07) is 43.1. The maximum absolute atomic E-state index is 7.13. The zero-order valence-corrected chi connectivity index (χ0v) is 34.4. The van der Waals surface area contributed by atoms with Crippen LogP contribution >= 0.6 is 0 Å². The largest absolute Gasteiger partial charge is 0.459 e. The van der Waals surface area contributed by atoms with Crippen LogP contribution in [-0.4, -0.2) is 37.0 Å². The Morgan fingerprint density at radius 1 is 0.431 bits per heavy atom. The summed E-state index contributed by atoms with van der Waals surface area (Å²) in [4.78, 5) is 15.3. The number of ether oxygens (including phenoxy) is 2. The fourth-order valence-electron chi connectivity index (χ4n) is 10.5. The van der Waals surface area contributed by atoms with E-state index >= 15 is 0 Å². The number of rotatable bonds is 11. The SMILES string of the molecule is CC1(C)c2ccccc2N(CCCCCCCCCCN2c3ccccc3C(C)(C)C23C=Nc2c(ccc4ccccc24)O3)C12C=Nc1c(ccc3ccccc13)O2. The molecule has 6 nitrogen and oxygen atoms in total. The van der Waals surface area contributed by atoms with Gasteiger partial charge in [0.1, 0.15) is 22.9 Å². The molecule has 0 fully saturated rings. The van der Waals surface area contributed by atoms with Gasteiger partial charge in [-0.2, -0.15) is 0 Å². The van der Waals surface area contributed by atoms with Crippen molar-refractivity contribution in [2.24, 2.45) is 9.98 Å². The van der Waals surface area contributed by atoms with Crippen molar-refractivity contribution in [1.82, 2.24) is 0 Å². The van der Waals surface area contributed by atoms with Gasteiger partial charge in [-0.3, -0.25) is 9.98 Å². The van der Waals surface area contributed by atoms with E-state index in [9.17, 15) is 0 Å². The van der Waals surface area contributed by atoms with Crippen molar-refractivity contribution >= 4 is 56.7 Å². The number of unbranched alkanes of at least 4 members (excludes halogenated alkanes) is 7. The lowest BCUT2D eigenvalue weighted by molar-refractivity contribution is 0.0773. The van der Waals surface area contributed by atoms with Crippen molar-refractivity contribution in [3.05, 3.63) is 132 Å². The highest BCUT2D eigenvalue weighted by Crippen LogP contribution is 2.56. The van der Waals surface area contributed by atoms with E-state index in [-0.39, 0.29) is 10.8 Å². The van der Waals surface area contributed by atoms with Crippen molar-refractivity contribution in [1.29, 1.82) is 0 Å². The van der Waals surface area contributed by atoms with Crippen LogP contribution in [0.4, 0.5) is 22.7 Å². The molecule has 2 unspecified atom stereocenters. The second-order valence-electron chi connectivity index (χ2n) is 17.8. The minimum Gasteiger partial charge on any atom is -0.459 e. The zero-order chi connectivity index (χ0) is 39.5. The van der Waals surface area contributed by atoms with Crippen LogP contribution in [0.3, 0.4) is 0 Å². The van der Waals surface area contributed by atoms with E-state index in [2.05, 4.69) is 171 Å². The lowest BCUT2D eigenvalue weighted by atomic mass is 9.77. The maximum Gasteiger partial charge on any atom is 0.228 e. The molecule has 0 radical (unpaired) electrons. The first-order valence-corrected chi connectivity index (χ1v) is 21.5. The Hall–Kier alpha value is -5.62. The van der Waals surface area contributed by atoms with E-state index in [1.54, 1.807) is 0 Å². The topological polar surface area (TPSA) is 49.7 Å². The van der Waals surface area contributed by atoms with Crippen LogP contribution in [0.5, 0.6) is 11.5 Å². The Balaban J connectivity index is 0.754. The van der Waals surface area contributed by atoms with Crippen LogP contribution in [0.2, 0.25) is 0 Å². The van der Waals surface area contributed by atoms with Crippen LogP contribution in [0.15, 0.2) is 131 Å². The molecule has 4 aliphatic rings. The number of aliphatic imine (C=N–C) groups is 2. The Morgan fingerprint density at radius 2 is 0.810 bits per heavy atom. The number of anilines is 2. The molecule has 2 atom stereocenters. The summed E-state index contributed by atoms with van der Waals surface area (Å²) in [5.74, 6) is 1.72. The van der Waals surface area contributed by atoms with Gasteiger partial charge < -0.3 is 19.3 Å². The number of para-hydroxylation sites is 2. The van der Waals surface area contributed by atoms with E-state index in [1.807, 2.05) is 0 Å². The fraction of sp³-hybridized carbons (Fsp3) is 0.346. The summed E-state index contributed by atoms with van der Waals surface area (Å²) in [7, 11) is 0. The van der Waals surface area contributed by atoms with Crippen LogP contribution < -0.4 is 19.3 Å². The molecular weight excluding hydrogens is 713 g/mol. The molecule has 0 N–H and O–H groups in total. The standard InChI is InChI=1S/C52H54N4O2/c1-49(2)41-25-15-17-27-43(41)55(51(49)35-53-47-39-23-13-11-21-37(39)29-31-45(47)57-51)33-19-9-7-5-6-8-10-20-34-56-44-28-18-16-26-42(44)50(3,4)52(56)36-54-48-40-24-14-12-22-38(40)30-32-46(48)58-52/h11-18,21-32,35-36H,5-10,19-20,33-34H2,1-4H3. The lowest BCUT2D eigenvalue weighted by Crippen LogP contribution is -2.62. The van der Waals surface area contributed by atoms with E-state index in [1.165, 1.54) is 71.8 Å². The highest BCUT2D eigenvalue weighted by Gasteiger charge is 2.60. The van der Waals surface area contributed by atoms with Crippen LogP contribution in [0.25, 0.3) is 21.5 Å². The first kappa shape index (κ1) is 36.7. The van der Waals surface area contributed by atoms with Gasteiger partial charge in [0.05, 0.1) is 23.3 Å². The van der Waals surface area contributed by atoms with Crippen molar-refractivity contribution < 1.29 is 9.47 Å². The Labute approximate surface area is 343 Å². The molecule has 6 aromatic carbocycles. The number of nitrogens with zero attached hydrogens (tertiary/aromatic N) is 4. The molecule has 294 valence electrons. The molecule has 4 heterocycles. The van der Waals surface area contributed by atoms with Crippen molar-refractivity contribution in [2.75, 3.05) is 22.9 Å². The van der Waals surface area contributed by atoms with E-state index in [4.69, 9.17) is 19.5 Å². The van der Waals surface area contributed by atoms with E-state index in [0.717, 1.165) is 59.6 Å². The van der Waals surface area contributed by atoms with Gasteiger partial charge in [0, 0.05) is 35.2 Å². The van der Waals surface area contributed by atoms with Gasteiger partial charge in [-0.15, -0.1) is 0 Å². The average Bonchev–Trinajstić information content (AvgIpc) is 3.54. The average molecular weight is 767 g/mol. The van der Waals surface area contributed by atoms with Crippen LogP contribution in [0.1, 0.15) is 90.2 Å². The molecule has 0 bridgehead atoms. The van der Waals surface area contributed by atoms with E-state index < -0.39 is 11.4 Å². The molecule has 6 aromatic rings. The van der Waals surface area contributed by atoms with Gasteiger partial charge in [-0.25, -0.2) is 0 Å². The van der Waals surface area contributed by atoms with Crippen molar-refractivity contribution in [2.45, 2.75) is 101 Å². The molecule has 0 saturated carbocycles. The second-order valence-corrected chi connectivity index (χ2v) is 17.8. The predicted molar refractivity (Wildman–Crippen MR) is 241 cm³/mol. The Kier molecular flexibility index (Phi) is 8.88. The van der Waals surface area contributed by atoms with Crippen molar-refractivity contribution in [3.8, 4) is 11.5 Å². The minimum absolute atomic E-state index is 0.280. The van der Waals surface area contributed by atoms with Crippen LogP contribution in [0, 0.1) is 0 Å². The first-order valence-electron chi connectivity index (χ1n) is 21.5. The highest BCUT2D eigenvalue weighted by molar-refractivity contribution is 6.01. The summed E-state index contributed by atoms with van der Waals surface area (Å²) in [6.45, 7) is 11.1. The van der Waals surface area contributed by atoms with Gasteiger partial charge >= 0.3 is 0 Å². The monoisotopic (exact) mass is 766 g/mol. The molecule has 58 heavy (non-hydrogen) atoms. The first-order chi connectivity index (χ1) is 28.3. The Morgan fingerprint density at radius 3 is 1.26 bits per heavy atom. The van der Waals surface area contributed by atoms with Gasteiger partial charge in [-0.1, -0.05) is 136 Å². The zero-order valence-electron chi connectivity index (χ0n) is 34.4. The smallest absolute Gasteiger partial charge is 0.228 e. The number of hydrogen-bond acceptors (Lipinski definition) is 6. The molecule has 6 heteroatoms. The normalized spacial score (nSPS) is 21.6. The molecule has 4 aliphatic heterocycles. The molecule has 0 aromatic heterocycles. The molecular formula is C52H54N4O2. The molecule has 10 rings (SSSR count). The number of hydrogen-bond donors (Lipinski definition) is 0. The molecule has 2 spiro atoms. The number of benzene rings is 6. The third-order valence-corrected chi connectivity index (χ3v) is 13.8. The Bertz CT molecular complexity index is 2410. The molecule has 0 aliphatic carbocycles. The predicted octanol–water partition coefficient (Wildman–Crippen LogP) is 13.0. The number of fused-ring (bicyclic) bond motifs is 8. The summed E-state index contributed by atoms with van der Waals surface area (Å²) in [5, 5.41) is 4.63. The van der Waals surface area contributed by atoms with Gasteiger partial charge in [0.2, 0.25) is 11.4 Å². The molecule has 0 amide bonds. The summed E-state index contributed by atoms with van der Waals surface area (Å²) < 4.78 is 14.3. The maximum atomic E-state index is 7.13. The fourth-order valence-corrected chi connectivity index (χ4v) is 10.5. The lowest BCUT2D eigenvalue weighted by Gasteiger charge is -2.46. The van der Waals surface area contributed by atoms with Crippen LogP contribution in [-0.2, 0) is 10.8 Å². The van der Waals surface area contributed by atoms with Gasteiger partial charge in [-0.05, 0) is 86.7 Å². The third-order valence-electron chi connectivity index (χ3n) is 13.8. The van der Waals surface area contributed by atoms with Gasteiger partial charge in [0.25, 0.3) is 0 Å². The van der Waals surface area contributed by atoms with Gasteiger partial charge in [0.15, 0.2) is 0 Å². The second kappa shape index (κ2) is 14.0. The van der Waals surface area contributed by atoms with E-state index in [0.29, 0.717) is 0 Å². The summed E-state index contributed by atoms with van der Waals surface area (Å²) >= 11 is 0. The summed E-state index contributed by atoms with van der Waals surface area (Å²) in [6.07, 6.45) is 13.8. The van der Waals surface area contributed by atoms with Crippen molar-refractivity contribution in [3.63, 3.8) is 0 Å². The minimum atomic E-state index is -0.678.